The second-order valence-corrected chi connectivity index (χ2v) is 13.8. The van der Waals surface area contributed by atoms with E-state index in [-0.39, 0.29) is 10.3 Å². The Balaban J connectivity index is 1.40. The second kappa shape index (κ2) is 7.65. The van der Waals surface area contributed by atoms with Gasteiger partial charge in [-0.3, -0.25) is 0 Å². The molecule has 0 aromatic heterocycles. The molecule has 3 atom stereocenters. The molecule has 2 nitrogen and oxygen atoms in total. The molecule has 3 heteroatoms. The lowest BCUT2D eigenvalue weighted by Gasteiger charge is -2.35. The molecule has 2 aromatic rings. The summed E-state index contributed by atoms with van der Waals surface area (Å²) in [5.74, 6) is 3.50. The SMILES string of the molecule is CC(C)C1(C(C)C)Oc2cc3c(cc2S1)C(O)CC1=C3c2ccccc2C12CC1CCCCC1C2. The van der Waals surface area contributed by atoms with Crippen LogP contribution in [0.4, 0.5) is 0 Å². The minimum atomic E-state index is -0.434. The van der Waals surface area contributed by atoms with E-state index in [0.717, 1.165) is 29.6 Å². The van der Waals surface area contributed by atoms with E-state index in [0.29, 0.717) is 11.8 Å². The smallest absolute Gasteiger partial charge is 0.163 e. The lowest BCUT2D eigenvalue weighted by molar-refractivity contribution is 0.0755. The number of hydrogen-bond acceptors (Lipinski definition) is 3. The fourth-order valence-electron chi connectivity index (χ4n) is 8.59. The van der Waals surface area contributed by atoms with Crippen LogP contribution in [0, 0.1) is 23.7 Å². The van der Waals surface area contributed by atoms with Crippen LogP contribution in [0.1, 0.15) is 101 Å². The summed E-state index contributed by atoms with van der Waals surface area (Å²) >= 11 is 1.87. The molecule has 2 aromatic carbocycles. The maximum Gasteiger partial charge on any atom is 0.163 e. The minimum absolute atomic E-state index is 0.124. The zero-order valence-electron chi connectivity index (χ0n) is 21.6. The average Bonchev–Trinajstić information content (AvgIpc) is 3.49. The van der Waals surface area contributed by atoms with Crippen LogP contribution >= 0.6 is 11.8 Å². The highest BCUT2D eigenvalue weighted by Gasteiger charge is 2.55. The minimum Gasteiger partial charge on any atom is -0.475 e. The van der Waals surface area contributed by atoms with Gasteiger partial charge in [0.15, 0.2) is 4.93 Å². The average molecular weight is 487 g/mol. The number of benzene rings is 2. The Morgan fingerprint density at radius 3 is 2.31 bits per heavy atom. The van der Waals surface area contributed by atoms with Crippen LogP contribution in [0.5, 0.6) is 5.75 Å². The predicted molar refractivity (Wildman–Crippen MR) is 144 cm³/mol. The van der Waals surface area contributed by atoms with Crippen LogP contribution in [0.2, 0.25) is 0 Å². The van der Waals surface area contributed by atoms with Crippen molar-refractivity contribution in [3.05, 3.63) is 64.2 Å². The van der Waals surface area contributed by atoms with Gasteiger partial charge in [0.2, 0.25) is 0 Å². The van der Waals surface area contributed by atoms with Crippen molar-refractivity contribution in [1.29, 1.82) is 0 Å². The van der Waals surface area contributed by atoms with E-state index in [1.807, 2.05) is 11.8 Å². The zero-order valence-corrected chi connectivity index (χ0v) is 22.4. The van der Waals surface area contributed by atoms with E-state index in [4.69, 9.17) is 4.74 Å². The first-order valence-corrected chi connectivity index (χ1v) is 14.7. The van der Waals surface area contributed by atoms with Gasteiger partial charge in [0.05, 0.1) is 11.0 Å². The molecule has 7 rings (SSSR count). The summed E-state index contributed by atoms with van der Waals surface area (Å²) in [6.45, 7) is 9.07. The summed E-state index contributed by atoms with van der Waals surface area (Å²) in [7, 11) is 0. The van der Waals surface area contributed by atoms with E-state index in [1.54, 1.807) is 0 Å². The number of rotatable bonds is 2. The highest BCUT2D eigenvalue weighted by Crippen LogP contribution is 2.66. The molecule has 0 saturated heterocycles. The molecule has 2 saturated carbocycles. The molecular formula is C32H38O2S. The zero-order chi connectivity index (χ0) is 24.1. The standard InChI is InChI=1S/C32H38O2S/c1-18(2)32(19(3)4)34-28-13-24-23(14-29(28)35-32)27(33)15-26-30(24)22-11-7-8-12-25(22)31(26)16-20-9-5-6-10-21(20)17-31/h7-8,11-14,18-21,27,33H,5-6,9-10,15-17H2,1-4H3. The molecule has 35 heavy (non-hydrogen) atoms. The van der Waals surface area contributed by atoms with Crippen molar-refractivity contribution in [2.24, 2.45) is 23.7 Å². The van der Waals surface area contributed by atoms with Crippen molar-refractivity contribution in [1.82, 2.24) is 0 Å². The molecule has 0 bridgehead atoms. The van der Waals surface area contributed by atoms with Crippen LogP contribution in [0.3, 0.4) is 0 Å². The van der Waals surface area contributed by atoms with Gasteiger partial charge in [-0.1, -0.05) is 89.4 Å². The number of aliphatic hydroxyl groups is 1. The molecule has 5 aliphatic rings. The number of aliphatic hydroxyl groups excluding tert-OH is 1. The van der Waals surface area contributed by atoms with Gasteiger partial charge in [-0.05, 0) is 70.2 Å². The summed E-state index contributed by atoms with van der Waals surface area (Å²) in [4.78, 5) is 0.951. The van der Waals surface area contributed by atoms with E-state index in [2.05, 4.69) is 64.1 Å². The molecule has 0 amide bonds. The Bertz CT molecular complexity index is 1220. The van der Waals surface area contributed by atoms with Gasteiger partial charge >= 0.3 is 0 Å². The van der Waals surface area contributed by atoms with Crippen LogP contribution in [-0.4, -0.2) is 10.0 Å². The fourth-order valence-corrected chi connectivity index (χ4v) is 9.92. The number of thioether (sulfide) groups is 1. The third kappa shape index (κ3) is 2.95. The van der Waals surface area contributed by atoms with Gasteiger partial charge in [-0.25, -0.2) is 0 Å². The van der Waals surface area contributed by atoms with Crippen molar-refractivity contribution in [3.8, 4) is 5.75 Å². The summed E-state index contributed by atoms with van der Waals surface area (Å²) in [6, 6.07) is 13.7. The van der Waals surface area contributed by atoms with Crippen molar-refractivity contribution >= 4 is 17.3 Å². The predicted octanol–water partition coefficient (Wildman–Crippen LogP) is 8.27. The summed E-state index contributed by atoms with van der Waals surface area (Å²) in [5.41, 5.74) is 8.34. The van der Waals surface area contributed by atoms with Crippen LogP contribution in [-0.2, 0) is 5.41 Å². The topological polar surface area (TPSA) is 29.5 Å². The molecule has 1 spiro atoms. The third-order valence-corrected chi connectivity index (χ3v) is 12.1. The lowest BCUT2D eigenvalue weighted by Crippen LogP contribution is -2.40. The largest absolute Gasteiger partial charge is 0.475 e. The van der Waals surface area contributed by atoms with Gasteiger partial charge in [0.25, 0.3) is 0 Å². The van der Waals surface area contributed by atoms with Crippen LogP contribution < -0.4 is 4.74 Å². The Hall–Kier alpha value is -1.71. The first kappa shape index (κ1) is 22.5. The van der Waals surface area contributed by atoms with Crippen molar-refractivity contribution in [2.75, 3.05) is 0 Å². The summed E-state index contributed by atoms with van der Waals surface area (Å²) in [6.07, 6.45) is 8.46. The van der Waals surface area contributed by atoms with Gasteiger partial charge in [0.1, 0.15) is 5.75 Å². The highest BCUT2D eigenvalue weighted by atomic mass is 32.2. The highest BCUT2D eigenvalue weighted by molar-refractivity contribution is 8.01. The Morgan fingerprint density at radius 2 is 1.63 bits per heavy atom. The van der Waals surface area contributed by atoms with Crippen molar-refractivity contribution in [3.63, 3.8) is 0 Å². The Kier molecular flexibility index (Phi) is 4.91. The van der Waals surface area contributed by atoms with Crippen molar-refractivity contribution < 1.29 is 9.84 Å². The van der Waals surface area contributed by atoms with Gasteiger partial charge < -0.3 is 9.84 Å². The first-order valence-electron chi connectivity index (χ1n) is 13.9. The molecule has 4 aliphatic carbocycles. The second-order valence-electron chi connectivity index (χ2n) is 12.5. The molecule has 0 radical (unpaired) electrons. The summed E-state index contributed by atoms with van der Waals surface area (Å²) in [5, 5.41) is 11.6. The van der Waals surface area contributed by atoms with Crippen LogP contribution in [0.25, 0.3) is 5.57 Å². The molecule has 2 fully saturated rings. The van der Waals surface area contributed by atoms with Gasteiger partial charge in [0, 0.05) is 23.7 Å². The van der Waals surface area contributed by atoms with Gasteiger partial charge in [-0.15, -0.1) is 0 Å². The maximum atomic E-state index is 11.6. The Labute approximate surface area is 214 Å². The summed E-state index contributed by atoms with van der Waals surface area (Å²) < 4.78 is 6.81. The van der Waals surface area contributed by atoms with E-state index >= 15 is 0 Å². The number of ether oxygens (including phenoxy) is 1. The molecular weight excluding hydrogens is 448 g/mol. The molecule has 3 unspecified atom stereocenters. The van der Waals surface area contributed by atoms with E-state index < -0.39 is 6.10 Å². The Morgan fingerprint density at radius 1 is 0.943 bits per heavy atom. The molecule has 184 valence electrons. The van der Waals surface area contributed by atoms with Crippen LogP contribution in [0.15, 0.2) is 46.9 Å². The van der Waals surface area contributed by atoms with Crippen molar-refractivity contribution in [2.45, 2.75) is 94.0 Å². The molecule has 1 aliphatic heterocycles. The normalized spacial score (nSPS) is 31.9. The number of hydrogen-bond donors (Lipinski definition) is 1. The quantitative estimate of drug-likeness (QED) is 0.463. The molecule has 1 N–H and O–H groups in total. The molecule has 1 heterocycles. The van der Waals surface area contributed by atoms with E-state index in [1.165, 1.54) is 71.3 Å². The fraction of sp³-hybridized carbons (Fsp3) is 0.562. The first-order chi connectivity index (χ1) is 16.8. The van der Waals surface area contributed by atoms with Gasteiger partial charge in [-0.2, -0.15) is 0 Å². The monoisotopic (exact) mass is 486 g/mol. The maximum absolute atomic E-state index is 11.6. The third-order valence-electron chi connectivity index (χ3n) is 10.2. The lowest BCUT2D eigenvalue weighted by atomic mass is 9.71. The van der Waals surface area contributed by atoms with E-state index in [9.17, 15) is 5.11 Å². The number of fused-ring (bicyclic) bond motifs is 8.